The van der Waals surface area contributed by atoms with E-state index in [1.165, 1.54) is 0 Å². The fraction of sp³-hybridized carbons (Fsp3) is 0.320. The van der Waals surface area contributed by atoms with Crippen molar-refractivity contribution in [1.82, 2.24) is 59.8 Å². The van der Waals surface area contributed by atoms with Crippen molar-refractivity contribution >= 4 is 88.3 Å². The van der Waals surface area contributed by atoms with E-state index < -0.39 is 0 Å². The van der Waals surface area contributed by atoms with Gasteiger partial charge in [0, 0.05) is 0 Å². The first-order chi connectivity index (χ1) is 52.5. The van der Waals surface area contributed by atoms with Crippen molar-refractivity contribution in [3.05, 3.63) is 214 Å². The molecule has 0 atom stereocenters. The Morgan fingerprint density at radius 1 is 0.186 bits per heavy atom. The molecule has 8 heterocycles. The molecule has 8 bridgehead atoms. The van der Waals surface area contributed by atoms with Gasteiger partial charge in [0.25, 0.3) is 0 Å². The maximum atomic E-state index is 6.41. The smallest absolute Gasteiger partial charge is 0.653 e. The van der Waals surface area contributed by atoms with Crippen molar-refractivity contribution in [1.29, 1.82) is 0 Å². The van der Waals surface area contributed by atoms with Gasteiger partial charge in [0.2, 0.25) is 0 Å². The molecule has 8 aromatic carbocycles. The molecule has 14 aromatic rings. The summed E-state index contributed by atoms with van der Waals surface area (Å²) in [5.41, 5.74) is 27.8. The largest absolute Gasteiger partial charge is 2.00 e. The van der Waals surface area contributed by atoms with Gasteiger partial charge in [-0.2, -0.15) is 0 Å². The summed E-state index contributed by atoms with van der Waals surface area (Å²) in [4.78, 5) is 72.8. The SMILES string of the molecule is CC(C)(C)c1cc(-c2c3nc(c(-c4cc(C(C)(C)C)cc(C(C)(C)C)c4)c4[n-]c(c(-c5cc(C(C)(C)C)cc(C(C)(C)C)c5)c5nc(c(-c6cc(C(C)(C)C)cc(C(C)(C)C)c6)c6[n-]c2c2nc7ccccc7nc62)-c2nc6ccccc6nc2-5)c2nc5ccccc5nc42)-c2nc4ccccc4nc2-3)cc(C(C)(C)C)c1.[Zn+2]. The van der Waals surface area contributed by atoms with Crippen LogP contribution >= 0.6 is 0 Å². The van der Waals surface area contributed by atoms with E-state index in [-0.39, 0.29) is 62.8 Å². The number of aromatic nitrogens is 12. The zero-order valence-corrected chi connectivity index (χ0v) is 73.2. The summed E-state index contributed by atoms with van der Waals surface area (Å²) in [6, 6.07) is 61.0. The Bertz CT molecular complexity index is 5790. The van der Waals surface area contributed by atoms with Crippen LogP contribution in [0.2, 0.25) is 0 Å². The topological polar surface area (TPSA) is 157 Å². The molecule has 562 valence electrons. The molecule has 0 N–H and O–H groups in total. The van der Waals surface area contributed by atoms with Gasteiger partial charge in [-0.15, -0.1) is 0 Å². The van der Waals surface area contributed by atoms with E-state index in [1.807, 2.05) is 48.5 Å². The van der Waals surface area contributed by atoms with Crippen molar-refractivity contribution in [2.24, 2.45) is 0 Å². The fourth-order valence-electron chi connectivity index (χ4n) is 15.7. The van der Waals surface area contributed by atoms with E-state index in [9.17, 15) is 0 Å². The Kier molecular flexibility index (Phi) is 17.7. The van der Waals surface area contributed by atoms with Gasteiger partial charge in [0.1, 0.15) is 22.8 Å². The molecule has 0 saturated heterocycles. The predicted molar refractivity (Wildman–Crippen MR) is 467 cm³/mol. The zero-order chi connectivity index (χ0) is 79.4. The molecule has 0 amide bonds. The summed E-state index contributed by atoms with van der Waals surface area (Å²) >= 11 is 0. The van der Waals surface area contributed by atoms with E-state index in [4.69, 9.17) is 59.8 Å². The Morgan fingerprint density at radius 3 is 0.487 bits per heavy atom. The van der Waals surface area contributed by atoms with E-state index in [0.29, 0.717) is 156 Å². The molecule has 3 aliphatic rings. The van der Waals surface area contributed by atoms with E-state index >= 15 is 0 Å². The first-order valence-electron chi connectivity index (χ1n) is 39.6. The van der Waals surface area contributed by atoms with Gasteiger partial charge in [-0.1, -0.05) is 310 Å². The van der Waals surface area contributed by atoms with Crippen LogP contribution in [0, 0.1) is 0 Å². The minimum Gasteiger partial charge on any atom is -0.653 e. The van der Waals surface area contributed by atoms with E-state index in [2.05, 4.69) is 287 Å². The number of nitrogens with zero attached hydrogens (tertiary/aromatic N) is 12. The molecule has 0 spiro atoms. The van der Waals surface area contributed by atoms with Crippen LogP contribution < -0.4 is 9.97 Å². The molecular formula is C100H100N12Zn. The monoisotopic (exact) mass is 1530 g/mol. The summed E-state index contributed by atoms with van der Waals surface area (Å²) in [5, 5.41) is 0. The first kappa shape index (κ1) is 76.4. The molecule has 12 nitrogen and oxygen atoms in total. The third-order valence-electron chi connectivity index (χ3n) is 22.7. The number of hydrogen-bond donors (Lipinski definition) is 0. The van der Waals surface area contributed by atoms with Crippen LogP contribution in [0.4, 0.5) is 0 Å². The van der Waals surface area contributed by atoms with Gasteiger partial charge in [0.15, 0.2) is 0 Å². The average Bonchev–Trinajstić information content (AvgIpc) is 1.55. The molecule has 2 aliphatic heterocycles. The summed E-state index contributed by atoms with van der Waals surface area (Å²) in [6.07, 6.45) is 0. The van der Waals surface area contributed by atoms with Crippen molar-refractivity contribution in [2.75, 3.05) is 0 Å². The predicted octanol–water partition coefficient (Wildman–Crippen LogP) is 25.4. The van der Waals surface area contributed by atoms with Crippen LogP contribution in [0.5, 0.6) is 0 Å². The maximum Gasteiger partial charge on any atom is 2.00 e. The van der Waals surface area contributed by atoms with Crippen LogP contribution in [0.1, 0.15) is 211 Å². The summed E-state index contributed by atoms with van der Waals surface area (Å²) < 4.78 is 0. The normalized spacial score (nSPS) is 13.2. The van der Waals surface area contributed by atoms with Crippen molar-refractivity contribution in [3.63, 3.8) is 0 Å². The van der Waals surface area contributed by atoms with Gasteiger partial charge in [0.05, 0.1) is 89.0 Å². The van der Waals surface area contributed by atoms with E-state index in [1.54, 1.807) is 0 Å². The Labute approximate surface area is 676 Å². The van der Waals surface area contributed by atoms with Crippen LogP contribution in [0.25, 0.3) is 178 Å². The standard InChI is InChI=1S/C100H100N12.Zn/c1-93(2,3)57-41-53(42-58(49-57)94(4,5)6)73-77-85-87(103-67-35-27-25-33-65(67)101-85)79(109-77)74(54-43-59(95(7,8)9)50-60(44-54)96(10,11)12)81-89-91(107-71-39-31-29-37-69(71)105-89)83(111-81)76(56-47-63(99(19,20)21)52-64(48-56)100(22,23)24)84-92-90(106-70-38-30-32-40-72(70)108-92)82(112-84)75(55-45-61(97(13,14)15)51-62(46-55)98(16,17)18)80-88-86(78(73)110-80)102-66-34-26-28-36-68(66)104-88;/h25-52H,1-24H3;/q-2;+2. The molecule has 6 aromatic heterocycles. The quantitative estimate of drug-likeness (QED) is 0.154. The van der Waals surface area contributed by atoms with Crippen molar-refractivity contribution in [2.45, 2.75) is 209 Å². The second-order valence-corrected chi connectivity index (χ2v) is 39.6. The Balaban J connectivity index is 0.00000964. The number of benzene rings is 8. The molecule has 0 unspecified atom stereocenters. The fourth-order valence-corrected chi connectivity index (χ4v) is 15.7. The van der Waals surface area contributed by atoms with Crippen molar-refractivity contribution in [3.8, 4) is 90.1 Å². The summed E-state index contributed by atoms with van der Waals surface area (Å²) in [5.74, 6) is 0. The van der Waals surface area contributed by atoms with Gasteiger partial charge >= 0.3 is 19.5 Å². The van der Waals surface area contributed by atoms with Gasteiger partial charge in [-0.05, 0) is 181 Å². The molecule has 1 aliphatic carbocycles. The molecule has 17 rings (SSSR count). The number of hydrogen-bond acceptors (Lipinski definition) is 10. The molecule has 0 saturated carbocycles. The molecule has 113 heavy (non-hydrogen) atoms. The van der Waals surface area contributed by atoms with Crippen LogP contribution in [0.3, 0.4) is 0 Å². The van der Waals surface area contributed by atoms with Crippen LogP contribution in [-0.2, 0) is 62.8 Å². The first-order valence-corrected chi connectivity index (χ1v) is 39.6. The van der Waals surface area contributed by atoms with Crippen molar-refractivity contribution < 1.29 is 19.5 Å². The third kappa shape index (κ3) is 13.4. The average molecular weight is 1540 g/mol. The molecular weight excluding hydrogens is 1430 g/mol. The second kappa shape index (κ2) is 26.2. The minimum atomic E-state index is -0.326. The number of rotatable bonds is 4. The number of para-hydroxylation sites is 8. The minimum absolute atomic E-state index is 0. The van der Waals surface area contributed by atoms with Gasteiger partial charge in [-0.25, -0.2) is 49.8 Å². The van der Waals surface area contributed by atoms with Gasteiger partial charge < -0.3 is 9.97 Å². The summed E-state index contributed by atoms with van der Waals surface area (Å²) in [7, 11) is 0. The van der Waals surface area contributed by atoms with Crippen LogP contribution in [0.15, 0.2) is 170 Å². The number of fused-ring (bicyclic) bond motifs is 4. The second-order valence-electron chi connectivity index (χ2n) is 39.6. The summed E-state index contributed by atoms with van der Waals surface area (Å²) in [6.45, 7) is 55.0. The molecule has 0 fully saturated rings. The zero-order valence-electron chi connectivity index (χ0n) is 70.2. The maximum absolute atomic E-state index is 6.41. The third-order valence-corrected chi connectivity index (χ3v) is 22.7. The Hall–Kier alpha value is -10.6. The Morgan fingerprint density at radius 2 is 0.336 bits per heavy atom. The molecule has 0 radical (unpaired) electrons. The van der Waals surface area contributed by atoms with E-state index in [0.717, 1.165) is 66.8 Å². The molecule has 13 heteroatoms. The van der Waals surface area contributed by atoms with Crippen LogP contribution in [-0.4, -0.2) is 49.8 Å². The van der Waals surface area contributed by atoms with Gasteiger partial charge in [-0.3, -0.25) is 0 Å².